The van der Waals surface area contributed by atoms with E-state index in [1.165, 1.54) is 16.7 Å². The van der Waals surface area contributed by atoms with Crippen LogP contribution >= 0.6 is 0 Å². The van der Waals surface area contributed by atoms with Crippen LogP contribution in [0.5, 0.6) is 0 Å². The molecule has 0 aliphatic rings. The molecule has 2 heteroatoms. The van der Waals surface area contributed by atoms with E-state index in [9.17, 15) is 4.79 Å². The van der Waals surface area contributed by atoms with Gasteiger partial charge >= 0.3 is 5.97 Å². The largest absolute Gasteiger partial charge is 0.466 e. The molecule has 0 N–H and O–H groups in total. The van der Waals surface area contributed by atoms with Crippen LogP contribution in [0, 0.1) is 5.92 Å². The molecule has 132 valence electrons. The van der Waals surface area contributed by atoms with Crippen LogP contribution < -0.4 is 0 Å². The SMILES string of the molecule is CCOC(=O)C(C)CC=C(C)CCC=C(C)CCC=C(C)CC. The normalized spacial score (nSPS) is 14.8. The maximum atomic E-state index is 11.6. The maximum absolute atomic E-state index is 11.6. The van der Waals surface area contributed by atoms with Crippen molar-refractivity contribution in [2.45, 2.75) is 80.1 Å². The van der Waals surface area contributed by atoms with Gasteiger partial charge in [-0.25, -0.2) is 0 Å². The minimum absolute atomic E-state index is 0.0456. The molecule has 0 aliphatic carbocycles. The molecule has 0 fully saturated rings. The fourth-order valence-electron chi connectivity index (χ4n) is 2.20. The Morgan fingerprint density at radius 1 is 0.913 bits per heavy atom. The summed E-state index contributed by atoms with van der Waals surface area (Å²) in [6.45, 7) is 13.0. The highest BCUT2D eigenvalue weighted by molar-refractivity contribution is 5.72. The van der Waals surface area contributed by atoms with E-state index in [-0.39, 0.29) is 11.9 Å². The Labute approximate surface area is 143 Å². The number of allylic oxidation sites excluding steroid dienone is 6. The average molecular weight is 321 g/mol. The van der Waals surface area contributed by atoms with Gasteiger partial charge in [0, 0.05) is 0 Å². The maximum Gasteiger partial charge on any atom is 0.308 e. The molecule has 0 spiro atoms. The zero-order chi connectivity index (χ0) is 17.7. The molecule has 2 nitrogen and oxygen atoms in total. The Kier molecular flexibility index (Phi) is 12.4. The van der Waals surface area contributed by atoms with E-state index in [2.05, 4.69) is 45.9 Å². The molecule has 0 radical (unpaired) electrons. The van der Waals surface area contributed by atoms with Gasteiger partial charge in [-0.2, -0.15) is 0 Å². The zero-order valence-electron chi connectivity index (χ0n) is 16.1. The highest BCUT2D eigenvalue weighted by Crippen LogP contribution is 2.14. The van der Waals surface area contributed by atoms with Crippen LogP contribution in [-0.4, -0.2) is 12.6 Å². The average Bonchev–Trinajstić information content (AvgIpc) is 2.52. The number of ether oxygens (including phenoxy) is 1. The van der Waals surface area contributed by atoms with Gasteiger partial charge in [-0.15, -0.1) is 0 Å². The Bertz CT molecular complexity index is 427. The molecule has 0 saturated heterocycles. The van der Waals surface area contributed by atoms with E-state index >= 15 is 0 Å². The topological polar surface area (TPSA) is 26.3 Å². The van der Waals surface area contributed by atoms with Gasteiger partial charge in [0.05, 0.1) is 12.5 Å². The third-order valence-electron chi connectivity index (χ3n) is 4.13. The predicted octanol–water partition coefficient (Wildman–Crippen LogP) is 6.39. The van der Waals surface area contributed by atoms with Crippen molar-refractivity contribution in [2.75, 3.05) is 6.61 Å². The summed E-state index contributed by atoms with van der Waals surface area (Å²) in [5.41, 5.74) is 4.30. The second-order valence-corrected chi connectivity index (χ2v) is 6.47. The van der Waals surface area contributed by atoms with E-state index in [1.54, 1.807) is 0 Å². The Morgan fingerprint density at radius 3 is 1.96 bits per heavy atom. The smallest absolute Gasteiger partial charge is 0.308 e. The molecule has 0 aromatic rings. The van der Waals surface area contributed by atoms with Crippen LogP contribution in [0.15, 0.2) is 34.9 Å². The van der Waals surface area contributed by atoms with E-state index in [4.69, 9.17) is 4.74 Å². The highest BCUT2D eigenvalue weighted by atomic mass is 16.5. The monoisotopic (exact) mass is 320 g/mol. The first-order valence-electron chi connectivity index (χ1n) is 9.04. The number of carbonyl (C=O) groups excluding carboxylic acids is 1. The summed E-state index contributed by atoms with van der Waals surface area (Å²) in [4.78, 5) is 11.6. The number of hydrogen-bond acceptors (Lipinski definition) is 2. The van der Waals surface area contributed by atoms with Crippen molar-refractivity contribution in [1.29, 1.82) is 0 Å². The van der Waals surface area contributed by atoms with Crippen molar-refractivity contribution in [3.05, 3.63) is 34.9 Å². The third-order valence-corrected chi connectivity index (χ3v) is 4.13. The second kappa shape index (κ2) is 13.2. The third kappa shape index (κ3) is 11.9. The van der Waals surface area contributed by atoms with Gasteiger partial charge in [-0.3, -0.25) is 4.79 Å². The first kappa shape index (κ1) is 21.7. The summed E-state index contributed by atoms with van der Waals surface area (Å²) < 4.78 is 5.03. The lowest BCUT2D eigenvalue weighted by Crippen LogP contribution is -2.13. The first-order valence-corrected chi connectivity index (χ1v) is 9.04. The summed E-state index contributed by atoms with van der Waals surface area (Å²) in [7, 11) is 0. The zero-order valence-corrected chi connectivity index (χ0v) is 16.1. The van der Waals surface area contributed by atoms with Crippen molar-refractivity contribution in [2.24, 2.45) is 5.92 Å². The molecule has 0 aromatic heterocycles. The number of esters is 1. The molecular weight excluding hydrogens is 284 g/mol. The van der Waals surface area contributed by atoms with Crippen LogP contribution in [0.3, 0.4) is 0 Å². The van der Waals surface area contributed by atoms with Crippen LogP contribution in [0.4, 0.5) is 0 Å². The number of carbonyl (C=O) groups is 1. The summed E-state index contributed by atoms with van der Waals surface area (Å²) >= 11 is 0. The summed E-state index contributed by atoms with van der Waals surface area (Å²) in [6.07, 6.45) is 13.2. The van der Waals surface area contributed by atoms with Crippen LogP contribution in [0.25, 0.3) is 0 Å². The fourth-order valence-corrected chi connectivity index (χ4v) is 2.20. The van der Waals surface area contributed by atoms with Crippen LogP contribution in [-0.2, 0) is 9.53 Å². The minimum Gasteiger partial charge on any atom is -0.466 e. The second-order valence-electron chi connectivity index (χ2n) is 6.47. The van der Waals surface area contributed by atoms with Gasteiger partial charge in [0.2, 0.25) is 0 Å². The molecule has 1 unspecified atom stereocenters. The molecular formula is C21H36O2. The molecule has 1 atom stereocenters. The lowest BCUT2D eigenvalue weighted by molar-refractivity contribution is -0.147. The van der Waals surface area contributed by atoms with Gasteiger partial charge < -0.3 is 4.74 Å². The fraction of sp³-hybridized carbons (Fsp3) is 0.667. The van der Waals surface area contributed by atoms with E-state index in [1.807, 2.05) is 13.8 Å². The van der Waals surface area contributed by atoms with Crippen molar-refractivity contribution >= 4 is 5.97 Å². The first-order chi connectivity index (χ1) is 10.9. The van der Waals surface area contributed by atoms with E-state index < -0.39 is 0 Å². The Morgan fingerprint density at radius 2 is 1.43 bits per heavy atom. The molecule has 0 heterocycles. The van der Waals surface area contributed by atoms with Crippen LogP contribution in [0.1, 0.15) is 80.1 Å². The van der Waals surface area contributed by atoms with Gasteiger partial charge in [0.25, 0.3) is 0 Å². The molecule has 0 aromatic carbocycles. The molecule has 23 heavy (non-hydrogen) atoms. The molecule has 0 amide bonds. The molecule has 0 rings (SSSR count). The summed E-state index contributed by atoms with van der Waals surface area (Å²) in [5, 5.41) is 0. The van der Waals surface area contributed by atoms with E-state index in [0.717, 1.165) is 38.5 Å². The van der Waals surface area contributed by atoms with Gasteiger partial charge in [0.1, 0.15) is 0 Å². The van der Waals surface area contributed by atoms with Gasteiger partial charge in [-0.1, -0.05) is 48.8 Å². The quantitative estimate of drug-likeness (QED) is 0.326. The van der Waals surface area contributed by atoms with Crippen molar-refractivity contribution < 1.29 is 9.53 Å². The summed E-state index contributed by atoms with van der Waals surface area (Å²) in [6, 6.07) is 0. The molecule has 0 aliphatic heterocycles. The minimum atomic E-state index is -0.0947. The lowest BCUT2D eigenvalue weighted by atomic mass is 10.0. The van der Waals surface area contributed by atoms with Crippen LogP contribution in [0.2, 0.25) is 0 Å². The van der Waals surface area contributed by atoms with Gasteiger partial charge in [0.15, 0.2) is 0 Å². The lowest BCUT2D eigenvalue weighted by Gasteiger charge is -2.08. The van der Waals surface area contributed by atoms with Crippen molar-refractivity contribution in [3.8, 4) is 0 Å². The van der Waals surface area contributed by atoms with Crippen molar-refractivity contribution in [1.82, 2.24) is 0 Å². The Balaban J connectivity index is 4.07. The molecule has 0 saturated carbocycles. The highest BCUT2D eigenvalue weighted by Gasteiger charge is 2.11. The predicted molar refractivity (Wildman–Crippen MR) is 100 cm³/mol. The molecule has 0 bridgehead atoms. The van der Waals surface area contributed by atoms with E-state index in [0.29, 0.717) is 6.61 Å². The number of hydrogen-bond donors (Lipinski definition) is 0. The Hall–Kier alpha value is -1.31. The van der Waals surface area contributed by atoms with Gasteiger partial charge in [-0.05, 0) is 66.2 Å². The van der Waals surface area contributed by atoms with Crippen molar-refractivity contribution in [3.63, 3.8) is 0 Å². The number of rotatable bonds is 11. The summed E-state index contributed by atoms with van der Waals surface area (Å²) in [5.74, 6) is -0.140. The standard InChI is InChI=1S/C21H36O2/c1-7-17(3)11-9-12-18(4)13-10-14-19(5)15-16-20(6)21(22)23-8-2/h11,13,15,20H,7-10,12,14,16H2,1-6H3.